The van der Waals surface area contributed by atoms with E-state index >= 15 is 0 Å². The van der Waals surface area contributed by atoms with Gasteiger partial charge in [0.25, 0.3) is 0 Å². The van der Waals surface area contributed by atoms with Crippen LogP contribution in [-0.4, -0.2) is 57.3 Å². The molecule has 0 bridgehead atoms. The topological polar surface area (TPSA) is 113 Å². The molecule has 2 amide bonds. The Morgan fingerprint density at radius 1 is 1.26 bits per heavy atom. The number of H-pyrrole nitrogens is 1. The fraction of sp³-hybridized carbons (Fsp3) is 0.409. The summed E-state index contributed by atoms with van der Waals surface area (Å²) in [5.74, 6) is -0.589. The first-order chi connectivity index (χ1) is 16.2. The number of aromatic nitrogens is 4. The number of carbonyl (C=O) groups excluding carboxylic acids is 2. The summed E-state index contributed by atoms with van der Waals surface area (Å²) in [5.41, 5.74) is 0.758. The zero-order valence-electron chi connectivity index (χ0n) is 17.9. The van der Waals surface area contributed by atoms with E-state index in [0.29, 0.717) is 48.5 Å². The van der Waals surface area contributed by atoms with Crippen molar-refractivity contribution in [2.75, 3.05) is 18.0 Å². The summed E-state index contributed by atoms with van der Waals surface area (Å²) in [6, 6.07) is 5.15. The highest BCUT2D eigenvalue weighted by Gasteiger charge is 2.54. The van der Waals surface area contributed by atoms with Gasteiger partial charge >= 0.3 is 6.18 Å². The normalized spacial score (nSPS) is 22.3. The average molecular weight is 474 g/mol. The molecule has 9 nitrogen and oxygen atoms in total. The number of anilines is 1. The highest BCUT2D eigenvalue weighted by Crippen LogP contribution is 2.49. The number of pyridine rings is 2. The van der Waals surface area contributed by atoms with Crippen LogP contribution in [0.15, 0.2) is 36.8 Å². The van der Waals surface area contributed by atoms with E-state index in [1.54, 1.807) is 30.7 Å². The average Bonchev–Trinajstić information content (AvgIpc) is 3.36. The third-order valence-electron chi connectivity index (χ3n) is 6.33. The number of halogens is 3. The Balaban J connectivity index is 1.29. The molecule has 1 fully saturated rings. The van der Waals surface area contributed by atoms with Gasteiger partial charge in [-0.2, -0.15) is 18.3 Å². The lowest BCUT2D eigenvalue weighted by Gasteiger charge is -2.35. The molecule has 178 valence electrons. The van der Waals surface area contributed by atoms with Crippen LogP contribution in [0.1, 0.15) is 31.4 Å². The first kappa shape index (κ1) is 22.1. The van der Waals surface area contributed by atoms with Crippen LogP contribution in [0.3, 0.4) is 0 Å². The molecule has 0 aromatic carbocycles. The fourth-order valence-electron chi connectivity index (χ4n) is 4.73. The van der Waals surface area contributed by atoms with Gasteiger partial charge in [0, 0.05) is 11.6 Å². The van der Waals surface area contributed by atoms with Crippen LogP contribution >= 0.6 is 0 Å². The molecule has 0 unspecified atom stereocenters. The molecule has 3 aromatic rings. The van der Waals surface area contributed by atoms with Gasteiger partial charge in [0.15, 0.2) is 5.65 Å². The molecule has 2 N–H and O–H groups in total. The lowest BCUT2D eigenvalue weighted by molar-refractivity contribution is -0.138. The van der Waals surface area contributed by atoms with E-state index in [-0.39, 0.29) is 12.0 Å². The molecule has 0 saturated heterocycles. The monoisotopic (exact) mass is 474 g/mol. The number of ether oxygens (including phenoxy) is 1. The van der Waals surface area contributed by atoms with Gasteiger partial charge in [0.1, 0.15) is 18.8 Å². The molecule has 1 aliphatic carbocycles. The van der Waals surface area contributed by atoms with Crippen LogP contribution in [0.5, 0.6) is 5.75 Å². The number of hydrogen-bond donors (Lipinski definition) is 2. The zero-order valence-corrected chi connectivity index (χ0v) is 17.9. The van der Waals surface area contributed by atoms with E-state index < -0.39 is 30.6 Å². The Kier molecular flexibility index (Phi) is 5.37. The second kappa shape index (κ2) is 8.26. The Morgan fingerprint density at radius 3 is 2.82 bits per heavy atom. The van der Waals surface area contributed by atoms with Crippen molar-refractivity contribution in [1.29, 1.82) is 0 Å². The molecule has 34 heavy (non-hydrogen) atoms. The van der Waals surface area contributed by atoms with Gasteiger partial charge in [0.05, 0.1) is 35.3 Å². The first-order valence-corrected chi connectivity index (χ1v) is 10.8. The molecule has 0 radical (unpaired) electrons. The maximum Gasteiger partial charge on any atom is 0.405 e. The molecule has 12 heteroatoms. The van der Waals surface area contributed by atoms with Crippen molar-refractivity contribution in [2.24, 2.45) is 0 Å². The highest BCUT2D eigenvalue weighted by atomic mass is 19.4. The van der Waals surface area contributed by atoms with Crippen molar-refractivity contribution in [3.05, 3.63) is 42.5 Å². The molecule has 5 rings (SSSR count). The summed E-state index contributed by atoms with van der Waals surface area (Å²) in [7, 11) is 0. The minimum Gasteiger partial charge on any atom is -0.489 e. The molecule has 1 aliphatic heterocycles. The van der Waals surface area contributed by atoms with Crippen molar-refractivity contribution in [3.8, 4) is 5.75 Å². The number of nitrogens with one attached hydrogen (secondary N) is 2. The molecular weight excluding hydrogens is 453 g/mol. The third kappa shape index (κ3) is 4.03. The van der Waals surface area contributed by atoms with Gasteiger partial charge in [-0.3, -0.25) is 19.7 Å². The zero-order chi connectivity index (χ0) is 23.9. The van der Waals surface area contributed by atoms with E-state index in [1.807, 2.05) is 11.4 Å². The van der Waals surface area contributed by atoms with Crippen LogP contribution in [0.25, 0.3) is 11.0 Å². The maximum absolute atomic E-state index is 13.5. The quantitative estimate of drug-likeness (QED) is 0.588. The van der Waals surface area contributed by atoms with E-state index in [0.717, 1.165) is 5.39 Å². The van der Waals surface area contributed by atoms with Crippen LogP contribution in [-0.2, 0) is 15.0 Å². The standard InChI is InChI=1S/C22H21F3N6O3/c23-22(24,25)12-28-17(32)11-31-16-2-1-7-26-18(16)21(20(31)33)5-3-14(4-6-21)34-15-8-13-9-29-30-19(13)27-10-15/h1-2,7-10,14H,3-6,11-12H2,(H,28,32)(H,27,29,30). The van der Waals surface area contributed by atoms with E-state index in [2.05, 4.69) is 20.2 Å². The maximum atomic E-state index is 13.5. The lowest BCUT2D eigenvalue weighted by atomic mass is 9.71. The van der Waals surface area contributed by atoms with Crippen molar-refractivity contribution < 1.29 is 27.5 Å². The van der Waals surface area contributed by atoms with E-state index in [1.165, 1.54) is 4.90 Å². The second-order valence-electron chi connectivity index (χ2n) is 8.53. The number of carbonyl (C=O) groups is 2. The molecule has 1 saturated carbocycles. The number of alkyl halides is 3. The van der Waals surface area contributed by atoms with Crippen molar-refractivity contribution in [1.82, 2.24) is 25.5 Å². The van der Waals surface area contributed by atoms with Crippen molar-refractivity contribution >= 4 is 28.5 Å². The van der Waals surface area contributed by atoms with E-state index in [9.17, 15) is 22.8 Å². The van der Waals surface area contributed by atoms with Gasteiger partial charge in [-0.05, 0) is 43.9 Å². The summed E-state index contributed by atoms with van der Waals surface area (Å²) >= 11 is 0. The fourth-order valence-corrected chi connectivity index (χ4v) is 4.73. The molecule has 2 aliphatic rings. The number of aromatic amines is 1. The first-order valence-electron chi connectivity index (χ1n) is 10.8. The minimum atomic E-state index is -4.53. The molecule has 1 spiro atoms. The Bertz CT molecular complexity index is 1240. The number of fused-ring (bicyclic) bond motifs is 3. The third-order valence-corrected chi connectivity index (χ3v) is 6.33. The van der Waals surface area contributed by atoms with Gasteiger partial charge in [-0.15, -0.1) is 0 Å². The predicted molar refractivity (Wildman–Crippen MR) is 114 cm³/mol. The molecule has 3 aromatic heterocycles. The Labute approximate surface area is 191 Å². The Morgan fingerprint density at radius 2 is 2.06 bits per heavy atom. The number of amides is 2. The number of nitrogens with zero attached hydrogens (tertiary/aromatic N) is 4. The van der Waals surface area contributed by atoms with Gasteiger partial charge in [-0.25, -0.2) is 4.98 Å². The number of hydrogen-bond acceptors (Lipinski definition) is 6. The SMILES string of the molecule is O=C(CN1C(=O)C2(CCC(Oc3cnc4[nH]ncc4c3)CC2)c2ncccc21)NCC(F)(F)F. The summed E-state index contributed by atoms with van der Waals surface area (Å²) in [6.45, 7) is -1.94. The predicted octanol–water partition coefficient (Wildman–Crippen LogP) is 2.64. The minimum absolute atomic E-state index is 0.138. The lowest BCUT2D eigenvalue weighted by Crippen LogP contribution is -2.48. The molecule has 4 heterocycles. The second-order valence-corrected chi connectivity index (χ2v) is 8.53. The summed E-state index contributed by atoms with van der Waals surface area (Å²) in [5, 5.41) is 9.38. The van der Waals surface area contributed by atoms with Gasteiger partial charge in [-0.1, -0.05) is 0 Å². The van der Waals surface area contributed by atoms with Crippen LogP contribution in [0.2, 0.25) is 0 Å². The summed E-state index contributed by atoms with van der Waals surface area (Å²) in [4.78, 5) is 35.6. The van der Waals surface area contributed by atoms with Crippen molar-refractivity contribution in [3.63, 3.8) is 0 Å². The largest absolute Gasteiger partial charge is 0.489 e. The summed E-state index contributed by atoms with van der Waals surface area (Å²) < 4.78 is 43.5. The van der Waals surface area contributed by atoms with Gasteiger partial charge in [0.2, 0.25) is 11.8 Å². The highest BCUT2D eigenvalue weighted by molar-refractivity contribution is 6.10. The number of rotatable bonds is 5. The van der Waals surface area contributed by atoms with E-state index in [4.69, 9.17) is 4.74 Å². The van der Waals surface area contributed by atoms with Crippen LogP contribution in [0.4, 0.5) is 18.9 Å². The smallest absolute Gasteiger partial charge is 0.405 e. The van der Waals surface area contributed by atoms with Crippen molar-refractivity contribution in [2.45, 2.75) is 43.4 Å². The summed E-state index contributed by atoms with van der Waals surface area (Å²) in [6.07, 6.45) is 2.22. The van der Waals surface area contributed by atoms with Gasteiger partial charge < -0.3 is 15.0 Å². The van der Waals surface area contributed by atoms with Crippen LogP contribution < -0.4 is 15.0 Å². The molecular formula is C22H21F3N6O3. The van der Waals surface area contributed by atoms with Crippen LogP contribution in [0, 0.1) is 0 Å². The molecule has 0 atom stereocenters. The Hall–Kier alpha value is -3.70.